The second kappa shape index (κ2) is 3.49. The maximum Gasteiger partial charge on any atom is 0.284 e. The highest BCUT2D eigenvalue weighted by Crippen LogP contribution is 2.15. The molecule has 3 rings (SSSR count). The highest BCUT2D eigenvalue weighted by molar-refractivity contribution is 5.59. The molecule has 1 N–H and O–H groups in total. The first-order chi connectivity index (χ1) is 7.83. The van der Waals surface area contributed by atoms with E-state index >= 15 is 0 Å². The van der Waals surface area contributed by atoms with Crippen molar-refractivity contribution in [2.45, 2.75) is 6.92 Å². The lowest BCUT2D eigenvalue weighted by molar-refractivity contribution is -0.510. The molecule has 0 aliphatic heterocycles. The quantitative estimate of drug-likeness (QED) is 0.595. The van der Waals surface area contributed by atoms with Crippen LogP contribution in [0, 0.1) is 6.92 Å². The zero-order valence-electron chi connectivity index (χ0n) is 9.14. The van der Waals surface area contributed by atoms with E-state index in [0.29, 0.717) is 0 Å². The molecule has 0 saturated carbocycles. The summed E-state index contributed by atoms with van der Waals surface area (Å²) in [5.41, 5.74) is 4.73. The van der Waals surface area contributed by atoms with Gasteiger partial charge in [0, 0.05) is 11.6 Å². The zero-order chi connectivity index (χ0) is 11.0. The fourth-order valence-electron chi connectivity index (χ4n) is 1.92. The molecule has 0 radical (unpaired) electrons. The average molecular weight is 209 g/mol. The fourth-order valence-corrected chi connectivity index (χ4v) is 1.92. The van der Waals surface area contributed by atoms with Crippen molar-refractivity contribution in [1.82, 2.24) is 4.98 Å². The predicted octanol–water partition coefficient (Wildman–Crippen LogP) is 2.73. The molecule has 0 atom stereocenters. The third kappa shape index (κ3) is 1.48. The van der Waals surface area contributed by atoms with Crippen LogP contribution in [-0.2, 0) is 0 Å². The number of rotatable bonds is 1. The maximum atomic E-state index is 3.40. The van der Waals surface area contributed by atoms with Gasteiger partial charge in [0.1, 0.15) is 6.20 Å². The number of benzene rings is 1. The molecule has 0 amide bonds. The van der Waals surface area contributed by atoms with E-state index in [1.54, 1.807) is 0 Å². The van der Waals surface area contributed by atoms with Gasteiger partial charge >= 0.3 is 0 Å². The molecule has 0 spiro atoms. The Balaban J connectivity index is 2.19. The number of aryl methyl sites for hydroxylation is 1. The van der Waals surface area contributed by atoms with Crippen LogP contribution in [0.1, 0.15) is 5.56 Å². The lowest BCUT2D eigenvalue weighted by atomic mass is 10.2. The molecule has 0 bridgehead atoms. The van der Waals surface area contributed by atoms with Crippen LogP contribution in [0.3, 0.4) is 0 Å². The Morgan fingerprint density at radius 1 is 0.938 bits per heavy atom. The number of aromatic nitrogens is 2. The van der Waals surface area contributed by atoms with Crippen LogP contribution in [0.4, 0.5) is 0 Å². The van der Waals surface area contributed by atoms with Crippen molar-refractivity contribution in [3.63, 3.8) is 0 Å². The number of pyridine rings is 1. The summed E-state index contributed by atoms with van der Waals surface area (Å²) in [5, 5.41) is 0. The molecule has 0 fully saturated rings. The highest BCUT2D eigenvalue weighted by Gasteiger charge is 2.09. The number of hydrogen-bond donors (Lipinski definition) is 1. The van der Waals surface area contributed by atoms with E-state index in [0.717, 1.165) is 11.3 Å². The molecule has 2 heterocycles. The van der Waals surface area contributed by atoms with E-state index in [-0.39, 0.29) is 0 Å². The van der Waals surface area contributed by atoms with Gasteiger partial charge in [-0.1, -0.05) is 30.3 Å². The van der Waals surface area contributed by atoms with Crippen LogP contribution < -0.4 is 4.40 Å². The Morgan fingerprint density at radius 3 is 2.56 bits per heavy atom. The number of nitrogens with one attached hydrogen (secondary N) is 1. The first kappa shape index (κ1) is 9.16. The summed E-state index contributed by atoms with van der Waals surface area (Å²) >= 11 is 0. The summed E-state index contributed by atoms with van der Waals surface area (Å²) in [4.78, 5) is 3.40. The minimum atomic E-state index is 1.12. The smallest absolute Gasteiger partial charge is 0.237 e. The van der Waals surface area contributed by atoms with E-state index in [9.17, 15) is 0 Å². The molecule has 0 aliphatic carbocycles. The summed E-state index contributed by atoms with van der Waals surface area (Å²) in [7, 11) is 0. The SMILES string of the molecule is Cc1ccc2[nH]c(-c3ccccc3)c[n+]2c1. The van der Waals surface area contributed by atoms with Crippen molar-refractivity contribution in [2.75, 3.05) is 0 Å². The number of nitrogens with zero attached hydrogens (tertiary/aromatic N) is 1. The molecular weight excluding hydrogens is 196 g/mol. The van der Waals surface area contributed by atoms with E-state index in [1.807, 2.05) is 6.07 Å². The van der Waals surface area contributed by atoms with E-state index in [1.165, 1.54) is 11.1 Å². The topological polar surface area (TPSA) is 19.9 Å². The normalized spacial score (nSPS) is 10.8. The Morgan fingerprint density at radius 2 is 1.75 bits per heavy atom. The number of imidazole rings is 1. The lowest BCUT2D eigenvalue weighted by Gasteiger charge is -1.89. The van der Waals surface area contributed by atoms with Gasteiger partial charge in [-0.2, -0.15) is 0 Å². The Bertz CT molecular complexity index is 624. The molecule has 16 heavy (non-hydrogen) atoms. The lowest BCUT2D eigenvalue weighted by Crippen LogP contribution is -2.17. The third-order valence-electron chi connectivity index (χ3n) is 2.74. The highest BCUT2D eigenvalue weighted by atomic mass is 15.0. The van der Waals surface area contributed by atoms with Gasteiger partial charge in [-0.25, -0.2) is 9.38 Å². The van der Waals surface area contributed by atoms with Crippen molar-refractivity contribution in [3.8, 4) is 11.3 Å². The molecule has 3 aromatic rings. The van der Waals surface area contributed by atoms with Gasteiger partial charge in [-0.3, -0.25) is 0 Å². The van der Waals surface area contributed by atoms with Crippen LogP contribution in [0.25, 0.3) is 16.9 Å². The molecule has 0 unspecified atom stereocenters. The van der Waals surface area contributed by atoms with E-state index in [2.05, 4.69) is 65.1 Å². The predicted molar refractivity (Wildman–Crippen MR) is 64.1 cm³/mol. The van der Waals surface area contributed by atoms with Crippen molar-refractivity contribution in [3.05, 3.63) is 60.4 Å². The van der Waals surface area contributed by atoms with E-state index < -0.39 is 0 Å². The van der Waals surface area contributed by atoms with Crippen LogP contribution in [0.5, 0.6) is 0 Å². The molecule has 0 aliphatic rings. The molecule has 1 aromatic carbocycles. The van der Waals surface area contributed by atoms with Crippen LogP contribution in [-0.4, -0.2) is 4.98 Å². The Hall–Kier alpha value is -2.09. The summed E-state index contributed by atoms with van der Waals surface area (Å²) in [6.07, 6.45) is 4.25. The number of hydrogen-bond acceptors (Lipinski definition) is 0. The van der Waals surface area contributed by atoms with Crippen LogP contribution in [0.15, 0.2) is 54.9 Å². The van der Waals surface area contributed by atoms with Crippen LogP contribution in [0.2, 0.25) is 0 Å². The van der Waals surface area contributed by atoms with Crippen molar-refractivity contribution < 1.29 is 4.40 Å². The molecule has 2 heteroatoms. The molecule has 2 aromatic heterocycles. The number of fused-ring (bicyclic) bond motifs is 1. The largest absolute Gasteiger partial charge is 0.284 e. The fraction of sp³-hybridized carbons (Fsp3) is 0.0714. The molecule has 2 nitrogen and oxygen atoms in total. The standard InChI is InChI=1S/C14H12N2/c1-11-7-8-14-15-13(10-16(14)9-11)12-5-3-2-4-6-12/h2-10H,1H3/p+1. The minimum absolute atomic E-state index is 1.12. The number of aromatic amines is 1. The summed E-state index contributed by atoms with van der Waals surface area (Å²) in [5.74, 6) is 0. The van der Waals surface area contributed by atoms with Gasteiger partial charge in [-0.15, -0.1) is 0 Å². The van der Waals surface area contributed by atoms with Crippen molar-refractivity contribution in [1.29, 1.82) is 0 Å². The third-order valence-corrected chi connectivity index (χ3v) is 2.74. The van der Waals surface area contributed by atoms with Gasteiger partial charge in [0.25, 0.3) is 5.65 Å². The van der Waals surface area contributed by atoms with Gasteiger partial charge < -0.3 is 0 Å². The molecule has 0 saturated heterocycles. The Labute approximate surface area is 94.2 Å². The first-order valence-electron chi connectivity index (χ1n) is 5.39. The maximum absolute atomic E-state index is 3.40. The summed E-state index contributed by atoms with van der Waals surface area (Å²) < 4.78 is 2.12. The first-order valence-corrected chi connectivity index (χ1v) is 5.39. The van der Waals surface area contributed by atoms with Gasteiger partial charge in [0.2, 0.25) is 0 Å². The van der Waals surface area contributed by atoms with Gasteiger partial charge in [0.05, 0.1) is 6.20 Å². The van der Waals surface area contributed by atoms with Gasteiger partial charge in [0.15, 0.2) is 5.69 Å². The van der Waals surface area contributed by atoms with Gasteiger partial charge in [-0.05, 0) is 18.6 Å². The molecular formula is C14H13N2+. The number of H-pyrrole nitrogens is 1. The second-order valence-corrected chi connectivity index (χ2v) is 4.03. The zero-order valence-corrected chi connectivity index (χ0v) is 9.14. The Kier molecular flexibility index (Phi) is 2.00. The summed E-state index contributed by atoms with van der Waals surface area (Å²) in [6.45, 7) is 2.10. The van der Waals surface area contributed by atoms with Crippen molar-refractivity contribution in [2.24, 2.45) is 0 Å². The summed E-state index contributed by atoms with van der Waals surface area (Å²) in [6, 6.07) is 14.6. The van der Waals surface area contributed by atoms with E-state index in [4.69, 9.17) is 0 Å². The van der Waals surface area contributed by atoms with Crippen molar-refractivity contribution >= 4 is 5.65 Å². The molecule has 78 valence electrons. The monoisotopic (exact) mass is 209 g/mol. The van der Waals surface area contributed by atoms with Crippen LogP contribution >= 0.6 is 0 Å². The minimum Gasteiger partial charge on any atom is -0.237 e. The second-order valence-electron chi connectivity index (χ2n) is 4.03. The average Bonchev–Trinajstić information content (AvgIpc) is 2.73.